The number of carbonyl (C=O) groups excluding carboxylic acids is 3. The van der Waals surface area contributed by atoms with Gasteiger partial charge in [-0.25, -0.2) is 0 Å². The molecule has 6 heteroatoms. The Morgan fingerprint density at radius 3 is 0.866 bits per heavy atom. The first-order chi connectivity index (χ1) is 33.0. The minimum Gasteiger partial charge on any atom is -0.462 e. The molecule has 0 heterocycles. The van der Waals surface area contributed by atoms with Gasteiger partial charge in [0.15, 0.2) is 6.10 Å². The number of unbranched alkanes of at least 4 members (excludes halogenated alkanes) is 37. The number of hydrogen-bond donors (Lipinski definition) is 0. The van der Waals surface area contributed by atoms with E-state index in [4.69, 9.17) is 14.2 Å². The molecule has 0 aromatic carbocycles. The van der Waals surface area contributed by atoms with Gasteiger partial charge in [-0.3, -0.25) is 14.4 Å². The molecule has 0 radical (unpaired) electrons. The maximum Gasteiger partial charge on any atom is 0.306 e. The van der Waals surface area contributed by atoms with Crippen molar-refractivity contribution in [2.45, 2.75) is 322 Å². The molecule has 0 amide bonds. The second kappa shape index (κ2) is 56.2. The third-order valence-electron chi connectivity index (χ3n) is 13.1. The molecular formula is C61H112O6. The van der Waals surface area contributed by atoms with Crippen molar-refractivity contribution in [3.63, 3.8) is 0 Å². The van der Waals surface area contributed by atoms with Crippen LogP contribution in [-0.2, 0) is 28.6 Å². The SMILES string of the molecule is CCCCC/C=C\C/C=C\CCCCCCCC(=O)O[C@@H](COC(=O)CCCCCCCCC/C=C\CCCCCCCCCC)COC(=O)CCCCCCCCCCCCCCCCC. The van der Waals surface area contributed by atoms with Crippen molar-refractivity contribution in [2.75, 3.05) is 13.2 Å². The number of esters is 3. The van der Waals surface area contributed by atoms with E-state index in [0.29, 0.717) is 19.3 Å². The average molecular weight is 942 g/mol. The van der Waals surface area contributed by atoms with Crippen LogP contribution in [-0.4, -0.2) is 37.2 Å². The van der Waals surface area contributed by atoms with Crippen LogP contribution in [0, 0.1) is 0 Å². The van der Waals surface area contributed by atoms with E-state index < -0.39 is 6.10 Å². The van der Waals surface area contributed by atoms with Crippen molar-refractivity contribution in [1.29, 1.82) is 0 Å². The lowest BCUT2D eigenvalue weighted by Gasteiger charge is -2.18. The first-order valence-corrected chi connectivity index (χ1v) is 29.5. The van der Waals surface area contributed by atoms with E-state index >= 15 is 0 Å². The van der Waals surface area contributed by atoms with E-state index in [1.54, 1.807) is 0 Å². The molecule has 0 fully saturated rings. The number of carbonyl (C=O) groups is 3. The van der Waals surface area contributed by atoms with Crippen molar-refractivity contribution >= 4 is 17.9 Å². The van der Waals surface area contributed by atoms with Gasteiger partial charge in [0.2, 0.25) is 0 Å². The zero-order valence-electron chi connectivity index (χ0n) is 44.9. The summed E-state index contributed by atoms with van der Waals surface area (Å²) in [6.07, 6.45) is 67.0. The van der Waals surface area contributed by atoms with Crippen molar-refractivity contribution in [3.8, 4) is 0 Å². The molecule has 0 unspecified atom stereocenters. The number of ether oxygens (including phenoxy) is 3. The minimum absolute atomic E-state index is 0.0756. The molecule has 392 valence electrons. The van der Waals surface area contributed by atoms with Crippen molar-refractivity contribution in [3.05, 3.63) is 36.5 Å². The van der Waals surface area contributed by atoms with Gasteiger partial charge in [0.25, 0.3) is 0 Å². The minimum atomic E-state index is -0.778. The Hall–Kier alpha value is -2.37. The van der Waals surface area contributed by atoms with E-state index in [2.05, 4.69) is 57.2 Å². The van der Waals surface area contributed by atoms with Gasteiger partial charge < -0.3 is 14.2 Å². The highest BCUT2D eigenvalue weighted by Crippen LogP contribution is 2.16. The Kier molecular flexibility index (Phi) is 54.2. The first kappa shape index (κ1) is 64.6. The molecule has 0 aliphatic rings. The Morgan fingerprint density at radius 1 is 0.299 bits per heavy atom. The summed E-state index contributed by atoms with van der Waals surface area (Å²) in [6.45, 7) is 6.64. The predicted octanol–water partition coefficient (Wildman–Crippen LogP) is 19.7. The van der Waals surface area contributed by atoms with E-state index in [1.807, 2.05) is 0 Å². The molecule has 0 N–H and O–H groups in total. The van der Waals surface area contributed by atoms with Crippen LogP contribution in [0.25, 0.3) is 0 Å². The van der Waals surface area contributed by atoms with Crippen LogP contribution in [0.2, 0.25) is 0 Å². The summed E-state index contributed by atoms with van der Waals surface area (Å²) in [5.41, 5.74) is 0. The highest BCUT2D eigenvalue weighted by atomic mass is 16.6. The smallest absolute Gasteiger partial charge is 0.306 e. The highest BCUT2D eigenvalue weighted by Gasteiger charge is 2.19. The molecule has 6 nitrogen and oxygen atoms in total. The molecule has 0 rings (SSSR count). The molecule has 0 spiro atoms. The summed E-state index contributed by atoms with van der Waals surface area (Å²) < 4.78 is 16.9. The molecule has 0 aromatic heterocycles. The van der Waals surface area contributed by atoms with E-state index in [-0.39, 0.29) is 31.1 Å². The molecule has 0 saturated heterocycles. The third-order valence-corrected chi connectivity index (χ3v) is 13.1. The van der Waals surface area contributed by atoms with Gasteiger partial charge in [-0.1, -0.05) is 256 Å². The first-order valence-electron chi connectivity index (χ1n) is 29.5. The number of hydrogen-bond acceptors (Lipinski definition) is 6. The van der Waals surface area contributed by atoms with Gasteiger partial charge >= 0.3 is 17.9 Å². The second-order valence-corrected chi connectivity index (χ2v) is 19.9. The maximum absolute atomic E-state index is 12.8. The summed E-state index contributed by atoms with van der Waals surface area (Å²) in [5.74, 6) is -0.876. The molecule has 0 bridgehead atoms. The van der Waals surface area contributed by atoms with Crippen molar-refractivity contribution in [2.24, 2.45) is 0 Å². The molecule has 0 aliphatic carbocycles. The number of rotatable bonds is 54. The Labute approximate surface area is 416 Å². The van der Waals surface area contributed by atoms with Crippen LogP contribution in [0.15, 0.2) is 36.5 Å². The Bertz CT molecular complexity index is 1130. The van der Waals surface area contributed by atoms with Crippen molar-refractivity contribution < 1.29 is 28.6 Å². The normalized spacial score (nSPS) is 12.2. The van der Waals surface area contributed by atoms with Gasteiger partial charge in [0.1, 0.15) is 13.2 Å². The monoisotopic (exact) mass is 941 g/mol. The van der Waals surface area contributed by atoms with Crippen LogP contribution in [0.3, 0.4) is 0 Å². The van der Waals surface area contributed by atoms with Crippen LogP contribution < -0.4 is 0 Å². The quantitative estimate of drug-likeness (QED) is 0.0262. The third kappa shape index (κ3) is 54.4. The summed E-state index contributed by atoms with van der Waals surface area (Å²) >= 11 is 0. The second-order valence-electron chi connectivity index (χ2n) is 19.9. The lowest BCUT2D eigenvalue weighted by molar-refractivity contribution is -0.167. The standard InChI is InChI=1S/C61H112O6/c1-4-7-10-13-16-19-22-25-28-29-30-31-34-36-39-42-45-48-51-54-60(63)66-57-58(67-61(64)55-52-49-46-43-40-37-33-27-24-21-18-15-12-9-6-3)56-65-59(62)53-50-47-44-41-38-35-32-26-23-20-17-14-11-8-5-2/h18,21,27,29-30,33,58H,4-17,19-20,22-26,28,31-32,34-57H2,1-3H3/b21-18-,30-29-,33-27-/t58-/m1/s1. The van der Waals surface area contributed by atoms with E-state index in [1.165, 1.54) is 193 Å². The van der Waals surface area contributed by atoms with Gasteiger partial charge in [0.05, 0.1) is 0 Å². The molecule has 0 saturated carbocycles. The summed E-state index contributed by atoms with van der Waals surface area (Å²) in [5, 5.41) is 0. The average Bonchev–Trinajstić information content (AvgIpc) is 3.33. The summed E-state index contributed by atoms with van der Waals surface area (Å²) in [4.78, 5) is 38.2. The van der Waals surface area contributed by atoms with Gasteiger partial charge in [0, 0.05) is 19.3 Å². The highest BCUT2D eigenvalue weighted by molar-refractivity contribution is 5.71. The van der Waals surface area contributed by atoms with E-state index in [0.717, 1.165) is 83.5 Å². The van der Waals surface area contributed by atoms with E-state index in [9.17, 15) is 14.4 Å². The fourth-order valence-electron chi connectivity index (χ4n) is 8.65. The fraction of sp³-hybridized carbons (Fsp3) is 0.852. The van der Waals surface area contributed by atoms with Gasteiger partial charge in [-0.05, 0) is 77.0 Å². The van der Waals surface area contributed by atoms with Crippen LogP contribution in [0.5, 0.6) is 0 Å². The molecule has 1 atom stereocenters. The maximum atomic E-state index is 12.8. The fourth-order valence-corrected chi connectivity index (χ4v) is 8.65. The zero-order valence-corrected chi connectivity index (χ0v) is 44.9. The van der Waals surface area contributed by atoms with Crippen LogP contribution in [0.1, 0.15) is 316 Å². The Balaban J connectivity index is 4.35. The van der Waals surface area contributed by atoms with Gasteiger partial charge in [-0.2, -0.15) is 0 Å². The Morgan fingerprint density at radius 2 is 0.537 bits per heavy atom. The van der Waals surface area contributed by atoms with Crippen LogP contribution >= 0.6 is 0 Å². The zero-order chi connectivity index (χ0) is 48.6. The molecule has 67 heavy (non-hydrogen) atoms. The van der Waals surface area contributed by atoms with Crippen LogP contribution in [0.4, 0.5) is 0 Å². The lowest BCUT2D eigenvalue weighted by atomic mass is 10.0. The van der Waals surface area contributed by atoms with Gasteiger partial charge in [-0.15, -0.1) is 0 Å². The predicted molar refractivity (Wildman–Crippen MR) is 289 cm³/mol. The largest absolute Gasteiger partial charge is 0.462 e. The number of allylic oxidation sites excluding steroid dienone is 6. The lowest BCUT2D eigenvalue weighted by Crippen LogP contribution is -2.30. The molecule has 0 aromatic rings. The summed E-state index contributed by atoms with van der Waals surface area (Å²) in [7, 11) is 0. The molecule has 0 aliphatic heterocycles. The van der Waals surface area contributed by atoms with Crippen molar-refractivity contribution in [1.82, 2.24) is 0 Å². The molecular weight excluding hydrogens is 829 g/mol. The summed E-state index contributed by atoms with van der Waals surface area (Å²) in [6, 6.07) is 0. The topological polar surface area (TPSA) is 78.9 Å².